The van der Waals surface area contributed by atoms with Crippen molar-refractivity contribution in [3.8, 4) is 0 Å². The van der Waals surface area contributed by atoms with E-state index in [9.17, 15) is 9.18 Å². The van der Waals surface area contributed by atoms with E-state index in [1.165, 1.54) is 18.2 Å². The highest BCUT2D eigenvalue weighted by atomic mass is 35.5. The molecule has 0 aromatic heterocycles. The predicted octanol–water partition coefficient (Wildman–Crippen LogP) is 3.33. The molecule has 5 heteroatoms. The number of halogens is 2. The van der Waals surface area contributed by atoms with E-state index < -0.39 is 11.7 Å². The molecule has 2 N–H and O–H groups in total. The Kier molecular flexibility index (Phi) is 5.31. The zero-order valence-electron chi connectivity index (χ0n) is 11.2. The van der Waals surface area contributed by atoms with Crippen molar-refractivity contribution >= 4 is 17.5 Å². The predicted molar refractivity (Wildman–Crippen MR) is 79.8 cm³/mol. The summed E-state index contributed by atoms with van der Waals surface area (Å²) in [4.78, 5) is 12.2. The lowest BCUT2D eigenvalue weighted by Crippen LogP contribution is -2.29. The number of rotatable bonds is 5. The summed E-state index contributed by atoms with van der Waals surface area (Å²) in [5.41, 5.74) is 0.947. The first-order valence-corrected chi connectivity index (χ1v) is 6.92. The van der Waals surface area contributed by atoms with Crippen LogP contribution >= 0.6 is 11.6 Å². The van der Waals surface area contributed by atoms with Gasteiger partial charge in [-0.1, -0.05) is 48.0 Å². The van der Waals surface area contributed by atoms with Gasteiger partial charge in [0.25, 0.3) is 5.91 Å². The molecule has 2 rings (SSSR count). The third-order valence-corrected chi connectivity index (χ3v) is 3.51. The zero-order valence-corrected chi connectivity index (χ0v) is 12.0. The fourth-order valence-electron chi connectivity index (χ4n) is 2.05. The van der Waals surface area contributed by atoms with Crippen molar-refractivity contribution < 1.29 is 14.3 Å². The van der Waals surface area contributed by atoms with Crippen LogP contribution in [0.3, 0.4) is 0 Å². The second kappa shape index (κ2) is 7.20. The Hall–Kier alpha value is -1.91. The molecule has 0 saturated carbocycles. The topological polar surface area (TPSA) is 49.3 Å². The van der Waals surface area contributed by atoms with Crippen molar-refractivity contribution in [1.82, 2.24) is 5.32 Å². The number of nitrogens with one attached hydrogen (secondary N) is 1. The molecule has 2 aromatic rings. The fraction of sp³-hybridized carbons (Fsp3) is 0.188. The molecule has 0 bridgehead atoms. The van der Waals surface area contributed by atoms with Gasteiger partial charge in [-0.05, 0) is 24.1 Å². The summed E-state index contributed by atoms with van der Waals surface area (Å²) < 4.78 is 13.4. The standard InChI is InChI=1S/C16H15ClFNO2/c17-15-12(7-4-8-13(15)18)16(21)19-14(9-10-20)11-5-2-1-3-6-11/h1-8,14,20H,9-10H2,(H,19,21). The first kappa shape index (κ1) is 15.5. The van der Waals surface area contributed by atoms with Crippen molar-refractivity contribution in [2.24, 2.45) is 0 Å². The number of aliphatic hydroxyl groups excluding tert-OH is 1. The minimum Gasteiger partial charge on any atom is -0.396 e. The lowest BCUT2D eigenvalue weighted by Gasteiger charge is -2.18. The van der Waals surface area contributed by atoms with E-state index in [1.54, 1.807) is 0 Å². The molecule has 2 aromatic carbocycles. The molecule has 1 atom stereocenters. The van der Waals surface area contributed by atoms with Gasteiger partial charge >= 0.3 is 0 Å². The van der Waals surface area contributed by atoms with Crippen LogP contribution in [0.15, 0.2) is 48.5 Å². The quantitative estimate of drug-likeness (QED) is 0.890. The maximum atomic E-state index is 13.4. The van der Waals surface area contributed by atoms with Gasteiger partial charge in [0.05, 0.1) is 16.6 Å². The molecule has 0 heterocycles. The Morgan fingerprint density at radius 3 is 2.57 bits per heavy atom. The lowest BCUT2D eigenvalue weighted by molar-refractivity contribution is 0.0929. The molecule has 0 aliphatic rings. The van der Waals surface area contributed by atoms with Crippen LogP contribution in [0.2, 0.25) is 5.02 Å². The summed E-state index contributed by atoms with van der Waals surface area (Å²) in [6, 6.07) is 13.0. The van der Waals surface area contributed by atoms with E-state index in [4.69, 9.17) is 16.7 Å². The van der Waals surface area contributed by atoms with Crippen LogP contribution in [0.4, 0.5) is 4.39 Å². The fourth-order valence-corrected chi connectivity index (χ4v) is 2.26. The molecular weight excluding hydrogens is 293 g/mol. The highest BCUT2D eigenvalue weighted by Gasteiger charge is 2.18. The summed E-state index contributed by atoms with van der Waals surface area (Å²) in [6.07, 6.45) is 0.364. The van der Waals surface area contributed by atoms with E-state index in [2.05, 4.69) is 5.32 Å². The number of amides is 1. The average molecular weight is 308 g/mol. The number of carbonyl (C=O) groups is 1. The maximum Gasteiger partial charge on any atom is 0.253 e. The van der Waals surface area contributed by atoms with Crippen LogP contribution in [-0.4, -0.2) is 17.6 Å². The van der Waals surface area contributed by atoms with Crippen LogP contribution in [-0.2, 0) is 0 Å². The van der Waals surface area contributed by atoms with Gasteiger partial charge in [-0.3, -0.25) is 4.79 Å². The van der Waals surface area contributed by atoms with Gasteiger partial charge in [0, 0.05) is 6.61 Å². The normalized spacial score (nSPS) is 12.0. The van der Waals surface area contributed by atoms with Crippen molar-refractivity contribution in [2.45, 2.75) is 12.5 Å². The largest absolute Gasteiger partial charge is 0.396 e. The van der Waals surface area contributed by atoms with Gasteiger partial charge in [-0.2, -0.15) is 0 Å². The third kappa shape index (κ3) is 3.80. The molecule has 1 unspecified atom stereocenters. The van der Waals surface area contributed by atoms with E-state index in [0.717, 1.165) is 5.56 Å². The Labute approximate surface area is 127 Å². The van der Waals surface area contributed by atoms with Crippen LogP contribution in [0.5, 0.6) is 0 Å². The molecule has 1 amide bonds. The lowest BCUT2D eigenvalue weighted by atomic mass is 10.0. The van der Waals surface area contributed by atoms with Gasteiger partial charge in [0.1, 0.15) is 5.82 Å². The maximum absolute atomic E-state index is 13.4. The molecule has 0 radical (unpaired) electrons. The van der Waals surface area contributed by atoms with Crippen LogP contribution in [0.25, 0.3) is 0 Å². The molecule has 0 aliphatic heterocycles. The van der Waals surface area contributed by atoms with E-state index in [0.29, 0.717) is 6.42 Å². The molecular formula is C16H15ClFNO2. The Bertz CT molecular complexity index is 619. The zero-order chi connectivity index (χ0) is 15.2. The second-order valence-electron chi connectivity index (χ2n) is 4.55. The SMILES string of the molecule is O=C(NC(CCO)c1ccccc1)c1cccc(F)c1Cl. The Morgan fingerprint density at radius 2 is 1.90 bits per heavy atom. The average Bonchev–Trinajstić information content (AvgIpc) is 2.50. The van der Waals surface area contributed by atoms with Crippen molar-refractivity contribution in [2.75, 3.05) is 6.61 Å². The molecule has 110 valence electrons. The van der Waals surface area contributed by atoms with Gasteiger partial charge in [-0.15, -0.1) is 0 Å². The molecule has 21 heavy (non-hydrogen) atoms. The summed E-state index contributed by atoms with van der Waals surface area (Å²) in [6.45, 7) is -0.0727. The van der Waals surface area contributed by atoms with Gasteiger partial charge in [-0.25, -0.2) is 4.39 Å². The number of hydrogen-bond acceptors (Lipinski definition) is 2. The second-order valence-corrected chi connectivity index (χ2v) is 4.93. The smallest absolute Gasteiger partial charge is 0.253 e. The Balaban J connectivity index is 2.21. The summed E-state index contributed by atoms with van der Waals surface area (Å²) in [7, 11) is 0. The summed E-state index contributed by atoms with van der Waals surface area (Å²) in [5, 5.41) is 11.7. The number of benzene rings is 2. The van der Waals surface area contributed by atoms with Gasteiger partial charge in [0.2, 0.25) is 0 Å². The third-order valence-electron chi connectivity index (χ3n) is 3.12. The molecule has 3 nitrogen and oxygen atoms in total. The summed E-state index contributed by atoms with van der Waals surface area (Å²) >= 11 is 5.81. The molecule has 0 fully saturated rings. The van der Waals surface area contributed by atoms with E-state index in [1.807, 2.05) is 30.3 Å². The van der Waals surface area contributed by atoms with Crippen molar-refractivity contribution in [3.63, 3.8) is 0 Å². The van der Waals surface area contributed by atoms with Crippen LogP contribution < -0.4 is 5.32 Å². The minimum absolute atomic E-state index is 0.0727. The molecule has 0 spiro atoms. The van der Waals surface area contributed by atoms with Crippen LogP contribution in [0, 0.1) is 5.82 Å². The number of carbonyl (C=O) groups excluding carboxylic acids is 1. The monoisotopic (exact) mass is 307 g/mol. The van der Waals surface area contributed by atoms with E-state index >= 15 is 0 Å². The number of aliphatic hydroxyl groups is 1. The highest BCUT2D eigenvalue weighted by Crippen LogP contribution is 2.22. The molecule has 0 saturated heterocycles. The first-order chi connectivity index (χ1) is 10.1. The minimum atomic E-state index is -0.636. The highest BCUT2D eigenvalue weighted by molar-refractivity contribution is 6.34. The van der Waals surface area contributed by atoms with Crippen LogP contribution in [0.1, 0.15) is 28.4 Å². The first-order valence-electron chi connectivity index (χ1n) is 6.54. The van der Waals surface area contributed by atoms with Crippen molar-refractivity contribution in [3.05, 3.63) is 70.5 Å². The Morgan fingerprint density at radius 1 is 1.19 bits per heavy atom. The van der Waals surface area contributed by atoms with Crippen molar-refractivity contribution in [1.29, 1.82) is 0 Å². The van der Waals surface area contributed by atoms with Gasteiger partial charge in [0.15, 0.2) is 0 Å². The number of hydrogen-bond donors (Lipinski definition) is 2. The van der Waals surface area contributed by atoms with Gasteiger partial charge < -0.3 is 10.4 Å². The molecule has 0 aliphatic carbocycles. The van der Waals surface area contributed by atoms with E-state index in [-0.39, 0.29) is 23.2 Å². The summed E-state index contributed by atoms with van der Waals surface area (Å²) in [5.74, 6) is -1.11.